The molecule has 0 saturated heterocycles. The number of nitrogens with zero attached hydrogens (tertiary/aromatic N) is 2. The van der Waals surface area contributed by atoms with Gasteiger partial charge in [0.1, 0.15) is 0 Å². The first kappa shape index (κ1) is 25.7. The molecular formula is C24H33N3O4S. The Morgan fingerprint density at radius 3 is 2.44 bits per heavy atom. The first-order valence-corrected chi connectivity index (χ1v) is 12.8. The van der Waals surface area contributed by atoms with E-state index in [1.165, 1.54) is 6.08 Å². The number of carbonyl (C=O) groups excluding carboxylic acids is 1. The number of nitrogens with one attached hydrogen (secondary N) is 1. The molecule has 7 nitrogen and oxygen atoms in total. The fourth-order valence-corrected chi connectivity index (χ4v) is 3.74. The first-order chi connectivity index (χ1) is 15.4. The van der Waals surface area contributed by atoms with Crippen LogP contribution in [0.15, 0.2) is 60.9 Å². The zero-order valence-electron chi connectivity index (χ0n) is 18.7. The van der Waals surface area contributed by atoms with Gasteiger partial charge >= 0.3 is 0 Å². The van der Waals surface area contributed by atoms with Crippen molar-refractivity contribution in [3.8, 4) is 0 Å². The third-order valence-electron chi connectivity index (χ3n) is 4.77. The van der Waals surface area contributed by atoms with E-state index in [-0.39, 0.29) is 12.5 Å². The van der Waals surface area contributed by atoms with Crippen LogP contribution < -0.4 is 5.32 Å². The molecule has 1 aromatic heterocycles. The topological polar surface area (TPSA) is 88.6 Å². The monoisotopic (exact) mass is 459 g/mol. The molecule has 0 spiro atoms. The fraction of sp³-hybridized carbons (Fsp3) is 0.417. The molecule has 0 aliphatic carbocycles. The number of carbonyl (C=O) groups is 1. The molecule has 0 aliphatic heterocycles. The summed E-state index contributed by atoms with van der Waals surface area (Å²) in [5.41, 5.74) is 1.82. The Morgan fingerprint density at radius 1 is 1.03 bits per heavy atom. The molecule has 1 heterocycles. The second-order valence-corrected chi connectivity index (χ2v) is 9.45. The standard InChI is InChI=1S/C24H33N3O4S/c1-32(29,30)27(31-21-23-12-7-6-8-13-23)19-10-5-3-2-4-9-18-26-24(28)16-15-22-14-11-17-25-20-22/h6-8,11-17,20H,2-5,9-10,18-19,21H2,1H3,(H,26,28)/b16-15+. The van der Waals surface area contributed by atoms with Crippen LogP contribution in [0.5, 0.6) is 0 Å². The third-order valence-corrected chi connectivity index (χ3v) is 5.79. The van der Waals surface area contributed by atoms with E-state index in [0.717, 1.165) is 60.4 Å². The van der Waals surface area contributed by atoms with Gasteiger partial charge in [-0.1, -0.05) is 66.6 Å². The number of pyridine rings is 1. The molecule has 2 aromatic rings. The van der Waals surface area contributed by atoms with Crippen LogP contribution in [0.3, 0.4) is 0 Å². The predicted octanol–water partition coefficient (Wildman–Crippen LogP) is 3.95. The van der Waals surface area contributed by atoms with Crippen LogP contribution >= 0.6 is 0 Å². The van der Waals surface area contributed by atoms with E-state index < -0.39 is 10.0 Å². The van der Waals surface area contributed by atoms with Crippen molar-refractivity contribution in [2.45, 2.75) is 45.1 Å². The zero-order chi connectivity index (χ0) is 23.1. The average Bonchev–Trinajstić information content (AvgIpc) is 2.79. The predicted molar refractivity (Wildman–Crippen MR) is 127 cm³/mol. The van der Waals surface area contributed by atoms with Crippen LogP contribution in [0.25, 0.3) is 6.08 Å². The molecular weight excluding hydrogens is 426 g/mol. The molecule has 2 rings (SSSR count). The van der Waals surface area contributed by atoms with E-state index in [1.807, 2.05) is 42.5 Å². The maximum Gasteiger partial charge on any atom is 0.243 e. The zero-order valence-corrected chi connectivity index (χ0v) is 19.5. The SMILES string of the molecule is CS(=O)(=O)N(CCCCCCCCNC(=O)/C=C/c1cccnc1)OCc1ccccc1. The highest BCUT2D eigenvalue weighted by Gasteiger charge is 2.17. The Labute approximate surface area is 191 Å². The van der Waals surface area contributed by atoms with Crippen molar-refractivity contribution in [1.29, 1.82) is 0 Å². The third kappa shape index (κ3) is 11.2. The Balaban J connectivity index is 1.52. The lowest BCUT2D eigenvalue weighted by atomic mass is 10.1. The van der Waals surface area contributed by atoms with Crippen LogP contribution in [0.4, 0.5) is 0 Å². The molecule has 32 heavy (non-hydrogen) atoms. The minimum atomic E-state index is -3.41. The smallest absolute Gasteiger partial charge is 0.243 e. The number of aromatic nitrogens is 1. The van der Waals surface area contributed by atoms with E-state index in [2.05, 4.69) is 10.3 Å². The van der Waals surface area contributed by atoms with Gasteiger partial charge in [-0.3, -0.25) is 14.6 Å². The van der Waals surface area contributed by atoms with Crippen molar-refractivity contribution in [3.63, 3.8) is 0 Å². The summed E-state index contributed by atoms with van der Waals surface area (Å²) in [4.78, 5) is 21.3. The summed E-state index contributed by atoms with van der Waals surface area (Å²) in [5.74, 6) is -0.106. The quantitative estimate of drug-likeness (QED) is 0.248. The van der Waals surface area contributed by atoms with E-state index in [9.17, 15) is 13.2 Å². The highest BCUT2D eigenvalue weighted by Crippen LogP contribution is 2.10. The highest BCUT2D eigenvalue weighted by atomic mass is 32.2. The van der Waals surface area contributed by atoms with Gasteiger partial charge < -0.3 is 5.32 Å². The summed E-state index contributed by atoms with van der Waals surface area (Å²) in [5, 5.41) is 2.88. The van der Waals surface area contributed by atoms with Crippen LogP contribution in [-0.2, 0) is 26.3 Å². The van der Waals surface area contributed by atoms with E-state index in [0.29, 0.717) is 13.1 Å². The first-order valence-electron chi connectivity index (χ1n) is 11.0. The number of unbranched alkanes of at least 4 members (excludes halogenated alkanes) is 5. The number of amides is 1. The lowest BCUT2D eigenvalue weighted by molar-refractivity contribution is -0.116. The molecule has 1 N–H and O–H groups in total. The largest absolute Gasteiger partial charge is 0.353 e. The molecule has 1 amide bonds. The Kier molecular flexibility index (Phi) is 11.6. The van der Waals surface area contributed by atoms with Gasteiger partial charge in [-0.2, -0.15) is 0 Å². The van der Waals surface area contributed by atoms with Gasteiger partial charge in [0.2, 0.25) is 15.9 Å². The van der Waals surface area contributed by atoms with Gasteiger partial charge in [0.05, 0.1) is 12.9 Å². The molecule has 0 bridgehead atoms. The molecule has 0 fully saturated rings. The maximum absolute atomic E-state index is 11.9. The summed E-state index contributed by atoms with van der Waals surface area (Å²) in [6.07, 6.45) is 13.5. The van der Waals surface area contributed by atoms with Gasteiger partial charge in [0.15, 0.2) is 0 Å². The van der Waals surface area contributed by atoms with Gasteiger partial charge in [-0.25, -0.2) is 8.42 Å². The molecule has 0 saturated carbocycles. The van der Waals surface area contributed by atoms with Gasteiger partial charge in [0, 0.05) is 31.6 Å². The van der Waals surface area contributed by atoms with E-state index >= 15 is 0 Å². The molecule has 1 aromatic carbocycles. The molecule has 0 atom stereocenters. The number of hydrogen-bond acceptors (Lipinski definition) is 5. The minimum Gasteiger partial charge on any atom is -0.353 e. The summed E-state index contributed by atoms with van der Waals surface area (Å²) in [6, 6.07) is 13.2. The number of rotatable bonds is 15. The van der Waals surface area contributed by atoms with Crippen LogP contribution in [-0.4, -0.2) is 43.1 Å². The van der Waals surface area contributed by atoms with Crippen LogP contribution in [0.2, 0.25) is 0 Å². The fourth-order valence-electron chi connectivity index (χ4n) is 3.04. The van der Waals surface area contributed by atoms with Gasteiger partial charge in [-0.15, -0.1) is 0 Å². The van der Waals surface area contributed by atoms with Crippen molar-refractivity contribution in [1.82, 2.24) is 14.8 Å². The second-order valence-electron chi connectivity index (χ2n) is 7.58. The van der Waals surface area contributed by atoms with Crippen molar-refractivity contribution in [3.05, 3.63) is 72.1 Å². The molecule has 8 heteroatoms. The summed E-state index contributed by atoms with van der Waals surface area (Å²) < 4.78 is 25.0. The molecule has 0 unspecified atom stereocenters. The molecule has 0 radical (unpaired) electrons. The highest BCUT2D eigenvalue weighted by molar-refractivity contribution is 7.88. The Bertz CT molecular complexity index is 919. The summed E-state index contributed by atoms with van der Waals surface area (Å²) >= 11 is 0. The Morgan fingerprint density at radius 2 is 1.75 bits per heavy atom. The van der Waals surface area contributed by atoms with E-state index in [1.54, 1.807) is 18.5 Å². The Hall–Kier alpha value is -2.55. The summed E-state index contributed by atoms with van der Waals surface area (Å²) in [6.45, 7) is 1.23. The van der Waals surface area contributed by atoms with E-state index in [4.69, 9.17) is 4.84 Å². The van der Waals surface area contributed by atoms with Crippen molar-refractivity contribution in [2.24, 2.45) is 0 Å². The van der Waals surface area contributed by atoms with Crippen molar-refractivity contribution < 1.29 is 18.0 Å². The van der Waals surface area contributed by atoms with Crippen molar-refractivity contribution >= 4 is 22.0 Å². The maximum atomic E-state index is 11.9. The number of sulfonamides is 1. The van der Waals surface area contributed by atoms with Gasteiger partial charge in [0.25, 0.3) is 0 Å². The van der Waals surface area contributed by atoms with Crippen LogP contribution in [0, 0.1) is 0 Å². The average molecular weight is 460 g/mol. The summed E-state index contributed by atoms with van der Waals surface area (Å²) in [7, 11) is -3.41. The van der Waals surface area contributed by atoms with Crippen molar-refractivity contribution in [2.75, 3.05) is 19.3 Å². The second kappa shape index (κ2) is 14.5. The lowest BCUT2D eigenvalue weighted by Crippen LogP contribution is -2.31. The molecule has 174 valence electrons. The number of benzene rings is 1. The van der Waals surface area contributed by atoms with Gasteiger partial charge in [-0.05, 0) is 36.1 Å². The molecule has 0 aliphatic rings. The van der Waals surface area contributed by atoms with Crippen LogP contribution in [0.1, 0.15) is 49.7 Å². The number of hydrogen-bond donors (Lipinski definition) is 1. The minimum absolute atomic E-state index is 0.106. The number of hydroxylamine groups is 1. The lowest BCUT2D eigenvalue weighted by Gasteiger charge is -2.19. The normalized spacial score (nSPS) is 11.8.